The molecular formula is C16H24N2O3. The minimum absolute atomic E-state index is 0.338. The average Bonchev–Trinajstić information content (AvgIpc) is 2.51. The SMILES string of the molecule is COC(=O)c1cccc(OCCCN2CCN[C@@H](C)C2)c1. The van der Waals surface area contributed by atoms with Crippen LogP contribution < -0.4 is 10.1 Å². The van der Waals surface area contributed by atoms with E-state index in [2.05, 4.69) is 17.1 Å². The van der Waals surface area contributed by atoms with Crippen molar-refractivity contribution in [3.8, 4) is 5.75 Å². The molecule has 0 unspecified atom stereocenters. The van der Waals surface area contributed by atoms with E-state index in [1.165, 1.54) is 7.11 Å². The molecule has 5 heteroatoms. The number of hydrogen-bond donors (Lipinski definition) is 1. The first-order valence-corrected chi connectivity index (χ1v) is 7.46. The molecule has 1 heterocycles. The van der Waals surface area contributed by atoms with Gasteiger partial charge in [-0.15, -0.1) is 0 Å². The largest absolute Gasteiger partial charge is 0.494 e. The summed E-state index contributed by atoms with van der Waals surface area (Å²) in [6, 6.07) is 7.68. The number of piperazine rings is 1. The highest BCUT2D eigenvalue weighted by Crippen LogP contribution is 2.14. The van der Waals surface area contributed by atoms with Crippen molar-refractivity contribution in [3.63, 3.8) is 0 Å². The van der Waals surface area contributed by atoms with Crippen LogP contribution in [0.3, 0.4) is 0 Å². The number of hydrogen-bond acceptors (Lipinski definition) is 5. The Morgan fingerprint density at radius 1 is 1.48 bits per heavy atom. The predicted octanol–water partition coefficient (Wildman–Crippen LogP) is 1.54. The quantitative estimate of drug-likeness (QED) is 0.636. The van der Waals surface area contributed by atoms with Gasteiger partial charge in [-0.25, -0.2) is 4.79 Å². The van der Waals surface area contributed by atoms with Crippen molar-refractivity contribution < 1.29 is 14.3 Å². The first-order valence-electron chi connectivity index (χ1n) is 7.46. The second kappa shape index (κ2) is 8.00. The lowest BCUT2D eigenvalue weighted by Gasteiger charge is -2.31. The van der Waals surface area contributed by atoms with Crippen LogP contribution >= 0.6 is 0 Å². The number of methoxy groups -OCH3 is 1. The van der Waals surface area contributed by atoms with Gasteiger partial charge in [0, 0.05) is 32.2 Å². The molecule has 0 bridgehead atoms. The number of ether oxygens (including phenoxy) is 2. The van der Waals surface area contributed by atoms with Crippen LogP contribution in [-0.2, 0) is 4.74 Å². The van der Waals surface area contributed by atoms with Crippen LogP contribution in [0, 0.1) is 0 Å². The Balaban J connectivity index is 1.72. The monoisotopic (exact) mass is 292 g/mol. The van der Waals surface area contributed by atoms with Crippen LogP contribution in [0.1, 0.15) is 23.7 Å². The van der Waals surface area contributed by atoms with Gasteiger partial charge in [0.15, 0.2) is 0 Å². The molecule has 1 aliphatic rings. The highest BCUT2D eigenvalue weighted by Gasteiger charge is 2.14. The lowest BCUT2D eigenvalue weighted by molar-refractivity contribution is 0.0600. The third-order valence-electron chi connectivity index (χ3n) is 3.60. The fourth-order valence-corrected chi connectivity index (χ4v) is 2.52. The smallest absolute Gasteiger partial charge is 0.337 e. The number of carbonyl (C=O) groups excluding carboxylic acids is 1. The summed E-state index contributed by atoms with van der Waals surface area (Å²) in [6.07, 6.45) is 0.981. The van der Waals surface area contributed by atoms with Crippen molar-refractivity contribution in [2.45, 2.75) is 19.4 Å². The Bertz CT molecular complexity index is 465. The summed E-state index contributed by atoms with van der Waals surface area (Å²) in [5.41, 5.74) is 0.519. The lowest BCUT2D eigenvalue weighted by atomic mass is 10.2. The molecular weight excluding hydrogens is 268 g/mol. The van der Waals surface area contributed by atoms with E-state index < -0.39 is 0 Å². The number of carbonyl (C=O) groups is 1. The number of esters is 1. The molecule has 0 aliphatic carbocycles. The van der Waals surface area contributed by atoms with Crippen LogP contribution in [0.2, 0.25) is 0 Å². The maximum atomic E-state index is 11.4. The molecule has 0 saturated carbocycles. The minimum Gasteiger partial charge on any atom is -0.494 e. The molecule has 1 N–H and O–H groups in total. The molecule has 1 fully saturated rings. The molecule has 1 aliphatic heterocycles. The highest BCUT2D eigenvalue weighted by atomic mass is 16.5. The maximum absolute atomic E-state index is 11.4. The van der Waals surface area contributed by atoms with Gasteiger partial charge in [-0.3, -0.25) is 0 Å². The van der Waals surface area contributed by atoms with Crippen LogP contribution in [0.15, 0.2) is 24.3 Å². The third kappa shape index (κ3) is 5.02. The van der Waals surface area contributed by atoms with E-state index in [-0.39, 0.29) is 5.97 Å². The Morgan fingerprint density at radius 2 is 2.33 bits per heavy atom. The third-order valence-corrected chi connectivity index (χ3v) is 3.60. The number of nitrogens with one attached hydrogen (secondary N) is 1. The summed E-state index contributed by atoms with van der Waals surface area (Å²) < 4.78 is 10.4. The van der Waals surface area contributed by atoms with Crippen molar-refractivity contribution in [1.82, 2.24) is 10.2 Å². The zero-order valence-electron chi connectivity index (χ0n) is 12.8. The molecule has 1 aromatic carbocycles. The Labute approximate surface area is 126 Å². The molecule has 1 atom stereocenters. The standard InChI is InChI=1S/C16H24N2O3/c1-13-12-18(9-7-17-13)8-4-10-21-15-6-3-5-14(11-15)16(19)20-2/h3,5-6,11,13,17H,4,7-10,12H2,1-2H3/t13-/m0/s1. The van der Waals surface area contributed by atoms with Gasteiger partial charge in [-0.05, 0) is 31.5 Å². The van der Waals surface area contributed by atoms with Crippen molar-refractivity contribution in [2.75, 3.05) is 39.9 Å². The van der Waals surface area contributed by atoms with E-state index in [1.807, 2.05) is 6.07 Å². The zero-order chi connectivity index (χ0) is 15.1. The van der Waals surface area contributed by atoms with E-state index in [0.717, 1.165) is 32.6 Å². The fourth-order valence-electron chi connectivity index (χ4n) is 2.52. The van der Waals surface area contributed by atoms with Crippen LogP contribution in [0.5, 0.6) is 5.75 Å². The maximum Gasteiger partial charge on any atom is 0.337 e. The second-order valence-corrected chi connectivity index (χ2v) is 5.38. The molecule has 116 valence electrons. The summed E-state index contributed by atoms with van der Waals surface area (Å²) in [6.45, 7) is 7.16. The lowest BCUT2D eigenvalue weighted by Crippen LogP contribution is -2.49. The van der Waals surface area contributed by atoms with Gasteiger partial charge in [0.1, 0.15) is 5.75 Å². The fraction of sp³-hybridized carbons (Fsp3) is 0.562. The van der Waals surface area contributed by atoms with Crippen LogP contribution in [-0.4, -0.2) is 56.8 Å². The molecule has 21 heavy (non-hydrogen) atoms. The summed E-state index contributed by atoms with van der Waals surface area (Å²) in [5, 5.41) is 3.43. The van der Waals surface area contributed by atoms with Crippen molar-refractivity contribution in [2.24, 2.45) is 0 Å². The molecule has 2 rings (SSSR count). The topological polar surface area (TPSA) is 50.8 Å². The van der Waals surface area contributed by atoms with Gasteiger partial charge >= 0.3 is 5.97 Å². The van der Waals surface area contributed by atoms with E-state index in [9.17, 15) is 4.79 Å². The number of nitrogens with zero attached hydrogens (tertiary/aromatic N) is 1. The molecule has 1 aromatic rings. The van der Waals surface area contributed by atoms with Gasteiger partial charge in [0.2, 0.25) is 0 Å². The van der Waals surface area contributed by atoms with E-state index >= 15 is 0 Å². The summed E-state index contributed by atoms with van der Waals surface area (Å²) in [4.78, 5) is 13.9. The normalized spacial score (nSPS) is 19.2. The molecule has 5 nitrogen and oxygen atoms in total. The molecule has 0 radical (unpaired) electrons. The number of rotatable bonds is 6. The molecule has 1 saturated heterocycles. The first-order chi connectivity index (χ1) is 10.2. The van der Waals surface area contributed by atoms with Crippen molar-refractivity contribution in [1.29, 1.82) is 0 Å². The van der Waals surface area contributed by atoms with Crippen molar-refractivity contribution in [3.05, 3.63) is 29.8 Å². The minimum atomic E-state index is -0.338. The van der Waals surface area contributed by atoms with E-state index in [0.29, 0.717) is 24.0 Å². The summed E-state index contributed by atoms with van der Waals surface area (Å²) >= 11 is 0. The van der Waals surface area contributed by atoms with E-state index in [1.54, 1.807) is 18.2 Å². The highest BCUT2D eigenvalue weighted by molar-refractivity contribution is 5.89. The summed E-state index contributed by atoms with van der Waals surface area (Å²) in [5.74, 6) is 0.377. The molecule has 0 spiro atoms. The van der Waals surface area contributed by atoms with Gasteiger partial charge in [-0.2, -0.15) is 0 Å². The molecule has 0 aromatic heterocycles. The van der Waals surface area contributed by atoms with Crippen LogP contribution in [0.4, 0.5) is 0 Å². The summed E-state index contributed by atoms with van der Waals surface area (Å²) in [7, 11) is 1.38. The van der Waals surface area contributed by atoms with E-state index in [4.69, 9.17) is 9.47 Å². The average molecular weight is 292 g/mol. The Hall–Kier alpha value is -1.59. The Kier molecular flexibility index (Phi) is 6.02. The van der Waals surface area contributed by atoms with Gasteiger partial charge in [0.25, 0.3) is 0 Å². The van der Waals surface area contributed by atoms with Gasteiger partial charge < -0.3 is 19.7 Å². The van der Waals surface area contributed by atoms with Crippen molar-refractivity contribution >= 4 is 5.97 Å². The first kappa shape index (κ1) is 15.8. The predicted molar refractivity (Wildman–Crippen MR) is 81.8 cm³/mol. The van der Waals surface area contributed by atoms with Crippen LogP contribution in [0.25, 0.3) is 0 Å². The van der Waals surface area contributed by atoms with Gasteiger partial charge in [-0.1, -0.05) is 6.07 Å². The second-order valence-electron chi connectivity index (χ2n) is 5.38. The number of benzene rings is 1. The molecule has 0 amide bonds. The zero-order valence-corrected chi connectivity index (χ0v) is 12.8. The Morgan fingerprint density at radius 3 is 3.10 bits per heavy atom. The van der Waals surface area contributed by atoms with Gasteiger partial charge in [0.05, 0.1) is 19.3 Å².